The van der Waals surface area contributed by atoms with Crippen LogP contribution in [-0.4, -0.2) is 33.0 Å². The van der Waals surface area contributed by atoms with Crippen LogP contribution in [0.25, 0.3) is 0 Å². The number of nitrogens with two attached hydrogens (primary N) is 1. The minimum atomic E-state index is -0.578. The smallest absolute Gasteiger partial charge is 0.358 e. The monoisotopic (exact) mass is 283 g/mol. The Bertz CT molecular complexity index is 472. The van der Waals surface area contributed by atoms with Crippen LogP contribution in [0.4, 0.5) is 5.82 Å². The van der Waals surface area contributed by atoms with Gasteiger partial charge in [-0.05, 0) is 16.3 Å². The van der Waals surface area contributed by atoms with Crippen molar-refractivity contribution in [3.8, 4) is 0 Å². The number of nitrogens with one attached hydrogen (secondary N) is 1. The molecular formula is C12H21N5O3. The van der Waals surface area contributed by atoms with Gasteiger partial charge in [-0.1, -0.05) is 19.8 Å². The Morgan fingerprint density at radius 2 is 2.35 bits per heavy atom. The molecule has 0 fully saturated rings. The van der Waals surface area contributed by atoms with E-state index in [1.807, 2.05) is 0 Å². The predicted molar refractivity (Wildman–Crippen MR) is 74.1 cm³/mol. The Morgan fingerprint density at radius 3 is 2.85 bits per heavy atom. The molecule has 0 aliphatic carbocycles. The number of hydrogen-bond acceptors (Lipinski definition) is 5. The average Bonchev–Trinajstić information content (AvgIpc) is 2.76. The van der Waals surface area contributed by atoms with Gasteiger partial charge < -0.3 is 21.2 Å². The van der Waals surface area contributed by atoms with Crippen molar-refractivity contribution in [2.24, 2.45) is 5.73 Å². The molecule has 20 heavy (non-hydrogen) atoms. The second-order valence-electron chi connectivity index (χ2n) is 4.67. The minimum Gasteiger partial charge on any atom is -0.358 e. The second-order valence-corrected chi connectivity index (χ2v) is 4.67. The van der Waals surface area contributed by atoms with Gasteiger partial charge in [-0.2, -0.15) is 0 Å². The summed E-state index contributed by atoms with van der Waals surface area (Å²) in [6, 6.07) is -0.0544. The molecule has 0 aromatic carbocycles. The maximum Gasteiger partial charge on any atom is 0.381 e. The number of carbonyl (C=O) groups is 1. The van der Waals surface area contributed by atoms with Crippen LogP contribution in [0.15, 0.2) is 6.20 Å². The summed E-state index contributed by atoms with van der Waals surface area (Å²) in [4.78, 5) is 25.7. The zero-order valence-corrected chi connectivity index (χ0v) is 11.8. The van der Waals surface area contributed by atoms with E-state index in [9.17, 15) is 14.9 Å². The lowest BCUT2D eigenvalue weighted by molar-refractivity contribution is -0.389. The number of imidazole rings is 1. The van der Waals surface area contributed by atoms with E-state index >= 15 is 0 Å². The lowest BCUT2D eigenvalue weighted by Gasteiger charge is -2.16. The molecule has 1 aromatic rings. The number of carbonyl (C=O) groups excluding carboxylic acids is 1. The van der Waals surface area contributed by atoms with Gasteiger partial charge in [-0.25, -0.2) is 0 Å². The van der Waals surface area contributed by atoms with Crippen molar-refractivity contribution in [1.82, 2.24) is 14.9 Å². The first-order valence-corrected chi connectivity index (χ1v) is 6.65. The van der Waals surface area contributed by atoms with Crippen LogP contribution < -0.4 is 11.1 Å². The van der Waals surface area contributed by atoms with Crippen LogP contribution in [0.1, 0.15) is 32.0 Å². The van der Waals surface area contributed by atoms with Crippen LogP contribution >= 0.6 is 0 Å². The maximum absolute atomic E-state index is 11.9. The predicted octanol–water partition coefficient (Wildman–Crippen LogP) is 0.733. The SMILES string of the molecule is CCCCC(CN)NC(=O)Cn1cc([N+](=O)[O-])nc1C. The van der Waals surface area contributed by atoms with E-state index in [4.69, 9.17) is 5.73 Å². The van der Waals surface area contributed by atoms with E-state index in [-0.39, 0.29) is 24.3 Å². The van der Waals surface area contributed by atoms with E-state index in [1.165, 1.54) is 10.8 Å². The molecule has 1 unspecified atom stereocenters. The molecule has 1 heterocycles. The van der Waals surface area contributed by atoms with Crippen molar-refractivity contribution >= 4 is 11.7 Å². The fourth-order valence-corrected chi connectivity index (χ4v) is 1.87. The third-order valence-corrected chi connectivity index (χ3v) is 3.02. The number of rotatable bonds is 8. The summed E-state index contributed by atoms with van der Waals surface area (Å²) in [7, 11) is 0. The third kappa shape index (κ3) is 4.61. The van der Waals surface area contributed by atoms with Crippen LogP contribution in [-0.2, 0) is 11.3 Å². The first kappa shape index (κ1) is 16.1. The van der Waals surface area contributed by atoms with Gasteiger partial charge in [0.1, 0.15) is 12.7 Å². The zero-order valence-electron chi connectivity index (χ0n) is 11.8. The van der Waals surface area contributed by atoms with Crippen LogP contribution in [0.3, 0.4) is 0 Å². The molecule has 8 heteroatoms. The molecule has 0 radical (unpaired) electrons. The summed E-state index contributed by atoms with van der Waals surface area (Å²) in [6.07, 6.45) is 4.14. The quantitative estimate of drug-likeness (QED) is 0.539. The molecule has 0 aliphatic heterocycles. The molecule has 0 spiro atoms. The van der Waals surface area contributed by atoms with E-state index < -0.39 is 4.92 Å². The van der Waals surface area contributed by atoms with E-state index in [2.05, 4.69) is 17.2 Å². The summed E-state index contributed by atoms with van der Waals surface area (Å²) in [6.45, 7) is 4.09. The molecule has 1 amide bonds. The molecule has 3 N–H and O–H groups in total. The molecule has 0 saturated carbocycles. The third-order valence-electron chi connectivity index (χ3n) is 3.02. The summed E-state index contributed by atoms with van der Waals surface area (Å²) in [5.74, 6) is -0.0340. The molecular weight excluding hydrogens is 262 g/mol. The number of aryl methyl sites for hydroxylation is 1. The Labute approximate surface area is 117 Å². The molecule has 0 saturated heterocycles. The van der Waals surface area contributed by atoms with Gasteiger partial charge in [0.05, 0.1) is 0 Å². The van der Waals surface area contributed by atoms with E-state index in [0.717, 1.165) is 19.3 Å². The summed E-state index contributed by atoms with van der Waals surface area (Å²) >= 11 is 0. The number of unbranched alkanes of at least 4 members (excludes halogenated alkanes) is 1. The number of hydrogen-bond donors (Lipinski definition) is 2. The van der Waals surface area contributed by atoms with Crippen molar-refractivity contribution in [3.63, 3.8) is 0 Å². The van der Waals surface area contributed by atoms with Gasteiger partial charge in [0.2, 0.25) is 11.7 Å². The van der Waals surface area contributed by atoms with Crippen molar-refractivity contribution < 1.29 is 9.72 Å². The van der Waals surface area contributed by atoms with Gasteiger partial charge >= 0.3 is 5.82 Å². The largest absolute Gasteiger partial charge is 0.381 e. The minimum absolute atomic E-state index is 0.00922. The topological polar surface area (TPSA) is 116 Å². The summed E-state index contributed by atoms with van der Waals surface area (Å²) in [5, 5.41) is 13.4. The molecule has 1 rings (SSSR count). The van der Waals surface area contributed by atoms with Crippen molar-refractivity contribution in [1.29, 1.82) is 0 Å². The van der Waals surface area contributed by atoms with Gasteiger partial charge in [-0.15, -0.1) is 0 Å². The first-order chi connectivity index (χ1) is 9.47. The van der Waals surface area contributed by atoms with Crippen molar-refractivity contribution in [2.75, 3.05) is 6.54 Å². The average molecular weight is 283 g/mol. The van der Waals surface area contributed by atoms with Gasteiger partial charge in [0.15, 0.2) is 0 Å². The lowest BCUT2D eigenvalue weighted by atomic mass is 10.1. The van der Waals surface area contributed by atoms with E-state index in [0.29, 0.717) is 12.4 Å². The van der Waals surface area contributed by atoms with E-state index in [1.54, 1.807) is 6.92 Å². The van der Waals surface area contributed by atoms with Crippen LogP contribution in [0.5, 0.6) is 0 Å². The summed E-state index contributed by atoms with van der Waals surface area (Å²) in [5.41, 5.74) is 5.61. The zero-order chi connectivity index (χ0) is 15.1. The van der Waals surface area contributed by atoms with Crippen molar-refractivity contribution in [3.05, 3.63) is 22.1 Å². The molecule has 1 aromatic heterocycles. The normalized spacial score (nSPS) is 12.2. The maximum atomic E-state index is 11.9. The van der Waals surface area contributed by atoms with Gasteiger partial charge in [-0.3, -0.25) is 9.36 Å². The highest BCUT2D eigenvalue weighted by Crippen LogP contribution is 2.10. The number of aromatic nitrogens is 2. The fraction of sp³-hybridized carbons (Fsp3) is 0.667. The van der Waals surface area contributed by atoms with Gasteiger partial charge in [0, 0.05) is 19.5 Å². The highest BCUT2D eigenvalue weighted by Gasteiger charge is 2.18. The second kappa shape index (κ2) is 7.59. The fourth-order valence-electron chi connectivity index (χ4n) is 1.87. The first-order valence-electron chi connectivity index (χ1n) is 6.65. The standard InChI is InChI=1S/C12H21N5O3/c1-3-4-5-10(6-13)15-12(18)8-16-7-11(17(19)20)14-9(16)2/h7,10H,3-6,8,13H2,1-2H3,(H,15,18). The number of nitrogens with zero attached hydrogens (tertiary/aromatic N) is 3. The molecule has 112 valence electrons. The Kier molecular flexibility index (Phi) is 6.10. The Balaban J connectivity index is 2.59. The highest BCUT2D eigenvalue weighted by molar-refractivity contribution is 5.76. The van der Waals surface area contributed by atoms with Gasteiger partial charge in [0.25, 0.3) is 0 Å². The molecule has 0 bridgehead atoms. The molecule has 8 nitrogen and oxygen atoms in total. The Hall–Kier alpha value is -1.96. The number of amides is 1. The van der Waals surface area contributed by atoms with Crippen molar-refractivity contribution in [2.45, 2.75) is 45.7 Å². The number of nitro groups is 1. The lowest BCUT2D eigenvalue weighted by Crippen LogP contribution is -2.41. The molecule has 1 atom stereocenters. The van der Waals surface area contributed by atoms with Crippen LogP contribution in [0.2, 0.25) is 0 Å². The molecule has 0 aliphatic rings. The Morgan fingerprint density at radius 1 is 1.65 bits per heavy atom. The summed E-state index contributed by atoms with van der Waals surface area (Å²) < 4.78 is 1.46. The van der Waals surface area contributed by atoms with Crippen LogP contribution in [0, 0.1) is 17.0 Å². The highest BCUT2D eigenvalue weighted by atomic mass is 16.6.